The van der Waals surface area contributed by atoms with Crippen LogP contribution in [0, 0.1) is 0 Å². The van der Waals surface area contributed by atoms with Crippen LogP contribution in [0.5, 0.6) is 0 Å². The second-order valence-electron chi connectivity index (χ2n) is 9.76. The molecule has 0 radical (unpaired) electrons. The molecule has 1 aromatic rings. The topological polar surface area (TPSA) is 49.9 Å². The molecule has 1 aliphatic carbocycles. The molecule has 3 aliphatic rings. The summed E-state index contributed by atoms with van der Waals surface area (Å²) in [6, 6.07) is 5.73. The highest BCUT2D eigenvalue weighted by Gasteiger charge is 2.46. The van der Waals surface area contributed by atoms with Crippen LogP contribution in [0.2, 0.25) is 5.02 Å². The van der Waals surface area contributed by atoms with Crippen molar-refractivity contribution >= 4 is 23.6 Å². The second kappa shape index (κ2) is 7.50. The van der Waals surface area contributed by atoms with Crippen molar-refractivity contribution in [3.63, 3.8) is 0 Å². The third kappa shape index (κ3) is 4.25. The van der Waals surface area contributed by atoms with Crippen LogP contribution in [-0.2, 0) is 4.74 Å². The van der Waals surface area contributed by atoms with Crippen molar-refractivity contribution in [2.75, 3.05) is 19.6 Å². The molecule has 1 spiro atoms. The summed E-state index contributed by atoms with van der Waals surface area (Å²) in [6.07, 6.45) is 5.69. The van der Waals surface area contributed by atoms with Crippen molar-refractivity contribution in [1.29, 1.82) is 0 Å². The number of hydrogen-bond donors (Lipinski definition) is 0. The minimum atomic E-state index is -0.491. The summed E-state index contributed by atoms with van der Waals surface area (Å²) < 4.78 is 5.52. The number of ether oxygens (including phenoxy) is 1. The minimum Gasteiger partial charge on any atom is -0.444 e. The number of amides is 2. The van der Waals surface area contributed by atoms with Gasteiger partial charge in [-0.25, -0.2) is 4.79 Å². The highest BCUT2D eigenvalue weighted by Crippen LogP contribution is 2.44. The van der Waals surface area contributed by atoms with Crippen molar-refractivity contribution in [3.05, 3.63) is 34.3 Å². The molecule has 2 aliphatic heterocycles. The fourth-order valence-electron chi connectivity index (χ4n) is 4.75. The Labute approximate surface area is 178 Å². The molecule has 29 heavy (non-hydrogen) atoms. The van der Waals surface area contributed by atoms with Gasteiger partial charge in [-0.1, -0.05) is 11.6 Å². The summed E-state index contributed by atoms with van der Waals surface area (Å²) in [4.78, 5) is 29.7. The second-order valence-corrected chi connectivity index (χ2v) is 10.2. The van der Waals surface area contributed by atoms with E-state index in [-0.39, 0.29) is 17.5 Å². The molecule has 2 amide bonds. The number of nitrogens with zero attached hydrogens (tertiary/aromatic N) is 2. The number of carbonyl (C=O) groups excluding carboxylic acids is 2. The summed E-state index contributed by atoms with van der Waals surface area (Å²) in [6.45, 7) is 7.70. The van der Waals surface area contributed by atoms with E-state index < -0.39 is 5.60 Å². The van der Waals surface area contributed by atoms with E-state index in [4.69, 9.17) is 16.3 Å². The van der Waals surface area contributed by atoms with Crippen LogP contribution in [-0.4, -0.2) is 52.6 Å². The lowest BCUT2D eigenvalue weighted by Crippen LogP contribution is -2.55. The first-order valence-corrected chi connectivity index (χ1v) is 11.2. The van der Waals surface area contributed by atoms with Gasteiger partial charge in [-0.3, -0.25) is 4.79 Å². The van der Waals surface area contributed by atoms with Crippen LogP contribution in [0.3, 0.4) is 0 Å². The molecular formula is C23H31ClN2O3. The molecule has 2 heterocycles. The number of rotatable bonds is 2. The van der Waals surface area contributed by atoms with Crippen LogP contribution in [0.15, 0.2) is 18.2 Å². The summed E-state index contributed by atoms with van der Waals surface area (Å²) in [7, 11) is 0. The predicted octanol–water partition coefficient (Wildman–Crippen LogP) is 5.22. The molecule has 5 nitrogen and oxygen atoms in total. The van der Waals surface area contributed by atoms with Crippen LogP contribution in [0.1, 0.15) is 81.1 Å². The number of benzene rings is 1. The van der Waals surface area contributed by atoms with E-state index in [1.54, 1.807) is 4.90 Å². The van der Waals surface area contributed by atoms with Crippen molar-refractivity contribution in [2.45, 2.75) is 76.4 Å². The molecule has 0 unspecified atom stereocenters. The van der Waals surface area contributed by atoms with Crippen molar-refractivity contribution in [2.24, 2.45) is 0 Å². The fraction of sp³-hybridized carbons (Fsp3) is 0.652. The number of halogens is 1. The lowest BCUT2D eigenvalue weighted by Gasteiger charge is -2.45. The zero-order chi connectivity index (χ0) is 20.8. The molecule has 4 rings (SSSR count). The molecule has 6 heteroatoms. The molecule has 0 N–H and O–H groups in total. The van der Waals surface area contributed by atoms with Gasteiger partial charge in [0.1, 0.15) is 5.60 Å². The number of piperidine rings is 1. The summed E-state index contributed by atoms with van der Waals surface area (Å²) in [5.74, 6) is 0.617. The van der Waals surface area contributed by atoms with Crippen LogP contribution < -0.4 is 0 Å². The maximum Gasteiger partial charge on any atom is 0.410 e. The van der Waals surface area contributed by atoms with Gasteiger partial charge in [0.25, 0.3) is 5.91 Å². The Morgan fingerprint density at radius 3 is 2.41 bits per heavy atom. The maximum atomic E-state index is 13.4. The molecule has 158 valence electrons. The van der Waals surface area contributed by atoms with Gasteiger partial charge in [0.2, 0.25) is 0 Å². The van der Waals surface area contributed by atoms with E-state index >= 15 is 0 Å². The van der Waals surface area contributed by atoms with Crippen LogP contribution in [0.4, 0.5) is 4.79 Å². The highest BCUT2D eigenvalue weighted by atomic mass is 35.5. The highest BCUT2D eigenvalue weighted by molar-refractivity contribution is 6.31. The maximum absolute atomic E-state index is 13.4. The zero-order valence-electron chi connectivity index (χ0n) is 17.7. The molecular weight excluding hydrogens is 388 g/mol. The van der Waals surface area contributed by atoms with Crippen LogP contribution in [0.25, 0.3) is 0 Å². The Bertz CT molecular complexity index is 805. The SMILES string of the molecule is CC(C)(C)OC(=O)N1CCC2(CCCN2C(=O)c2ccc(Cl)c(C3CC3)c2)CC1. The molecule has 0 bridgehead atoms. The van der Waals surface area contributed by atoms with Crippen molar-refractivity contribution < 1.29 is 14.3 Å². The Morgan fingerprint density at radius 1 is 1.10 bits per heavy atom. The predicted molar refractivity (Wildman–Crippen MR) is 113 cm³/mol. The van der Waals surface area contributed by atoms with E-state index in [2.05, 4.69) is 4.90 Å². The standard InChI is InChI=1S/C23H31ClN2O3/c1-22(2,3)29-21(28)25-13-10-23(11-14-25)9-4-12-26(23)20(27)17-7-8-19(24)18(15-17)16-5-6-16/h7-8,15-16H,4-6,9-14H2,1-3H3. The molecule has 0 aromatic heterocycles. The van der Waals surface area contributed by atoms with Gasteiger partial charge < -0.3 is 14.5 Å². The Hall–Kier alpha value is -1.75. The fourth-order valence-corrected chi connectivity index (χ4v) is 5.02. The monoisotopic (exact) mass is 418 g/mol. The van der Waals surface area contributed by atoms with Gasteiger partial charge in [0.05, 0.1) is 0 Å². The third-order valence-corrected chi connectivity index (χ3v) is 6.79. The third-order valence-electron chi connectivity index (χ3n) is 6.45. The van der Waals surface area contributed by atoms with Crippen molar-refractivity contribution in [1.82, 2.24) is 9.80 Å². The van der Waals surface area contributed by atoms with Gasteiger partial charge in [0.15, 0.2) is 0 Å². The summed E-state index contributed by atoms with van der Waals surface area (Å²) in [5.41, 5.74) is 1.22. The van der Waals surface area contributed by atoms with Crippen molar-refractivity contribution in [3.8, 4) is 0 Å². The van der Waals surface area contributed by atoms with Crippen LogP contribution >= 0.6 is 11.6 Å². The average Bonchev–Trinajstić information content (AvgIpc) is 3.42. The Kier molecular flexibility index (Phi) is 5.30. The lowest BCUT2D eigenvalue weighted by molar-refractivity contribution is 0.00464. The Morgan fingerprint density at radius 2 is 1.79 bits per heavy atom. The first-order valence-electron chi connectivity index (χ1n) is 10.8. The van der Waals surface area contributed by atoms with Gasteiger partial charge in [-0.05, 0) is 89.0 Å². The Balaban J connectivity index is 1.46. The number of likely N-dealkylation sites (tertiary alicyclic amines) is 2. The average molecular weight is 419 g/mol. The lowest BCUT2D eigenvalue weighted by atomic mass is 9.84. The normalized spacial score (nSPS) is 21.5. The number of carbonyl (C=O) groups is 2. The van der Waals surface area contributed by atoms with E-state index in [1.807, 2.05) is 39.0 Å². The van der Waals surface area contributed by atoms with E-state index in [0.29, 0.717) is 19.0 Å². The van der Waals surface area contributed by atoms with E-state index in [0.717, 1.165) is 61.2 Å². The first kappa shape index (κ1) is 20.5. The van der Waals surface area contributed by atoms with Gasteiger partial charge in [-0.15, -0.1) is 0 Å². The molecule has 1 aromatic carbocycles. The molecule has 3 fully saturated rings. The minimum absolute atomic E-state index is 0.104. The first-order chi connectivity index (χ1) is 13.7. The van der Waals surface area contributed by atoms with E-state index in [1.165, 1.54) is 0 Å². The zero-order valence-corrected chi connectivity index (χ0v) is 18.4. The van der Waals surface area contributed by atoms with Gasteiger partial charge in [-0.2, -0.15) is 0 Å². The quantitative estimate of drug-likeness (QED) is 0.661. The van der Waals surface area contributed by atoms with Gasteiger partial charge in [0, 0.05) is 35.8 Å². The largest absolute Gasteiger partial charge is 0.444 e. The van der Waals surface area contributed by atoms with E-state index in [9.17, 15) is 9.59 Å². The summed E-state index contributed by atoms with van der Waals surface area (Å²) >= 11 is 6.35. The number of hydrogen-bond acceptors (Lipinski definition) is 3. The summed E-state index contributed by atoms with van der Waals surface area (Å²) in [5, 5.41) is 0.769. The smallest absolute Gasteiger partial charge is 0.410 e. The molecule has 2 saturated heterocycles. The van der Waals surface area contributed by atoms with Gasteiger partial charge >= 0.3 is 6.09 Å². The molecule has 1 saturated carbocycles. The molecule has 0 atom stereocenters.